The van der Waals surface area contributed by atoms with Crippen molar-refractivity contribution >= 4 is 31.7 Å². The van der Waals surface area contributed by atoms with Crippen LogP contribution in [0, 0.1) is 5.92 Å². The number of alkyl halides is 1. The molecule has 1 unspecified atom stereocenters. The highest BCUT2D eigenvalue weighted by Crippen LogP contribution is 2.17. The first-order chi connectivity index (χ1) is 7.53. The molecule has 94 valence electrons. The Balaban J connectivity index is 2.13. The van der Waals surface area contributed by atoms with E-state index in [0.717, 1.165) is 18.2 Å². The number of rotatable bonds is 6. The van der Waals surface area contributed by atoms with Gasteiger partial charge in [-0.25, -0.2) is 8.42 Å². The van der Waals surface area contributed by atoms with E-state index in [4.69, 9.17) is 0 Å². The van der Waals surface area contributed by atoms with E-state index in [1.165, 1.54) is 0 Å². The summed E-state index contributed by atoms with van der Waals surface area (Å²) in [5.41, 5.74) is 0. The topological polar surface area (TPSA) is 63.2 Å². The minimum atomic E-state index is -2.82. The number of carbonyl (C=O) groups excluding carboxylic acids is 1. The van der Waals surface area contributed by atoms with Gasteiger partial charge in [0.05, 0.1) is 11.5 Å². The molecule has 0 aliphatic carbocycles. The van der Waals surface area contributed by atoms with Crippen molar-refractivity contribution in [2.24, 2.45) is 5.92 Å². The fraction of sp³-hybridized carbons (Fsp3) is 0.900. The van der Waals surface area contributed by atoms with Gasteiger partial charge in [-0.15, -0.1) is 0 Å². The van der Waals surface area contributed by atoms with Crippen molar-refractivity contribution in [2.75, 3.05) is 23.4 Å². The molecule has 16 heavy (non-hydrogen) atoms. The fourth-order valence-electron chi connectivity index (χ4n) is 1.76. The summed E-state index contributed by atoms with van der Waals surface area (Å²) >= 11 is 3.31. The van der Waals surface area contributed by atoms with Gasteiger partial charge in [-0.05, 0) is 25.2 Å². The van der Waals surface area contributed by atoms with Gasteiger partial charge in [0, 0.05) is 18.3 Å². The summed E-state index contributed by atoms with van der Waals surface area (Å²) in [6.45, 7) is 0.506. The van der Waals surface area contributed by atoms with Gasteiger partial charge >= 0.3 is 0 Å². The maximum absolute atomic E-state index is 11.4. The number of unbranched alkanes of at least 4 members (excludes halogenated alkanes) is 1. The zero-order chi connectivity index (χ0) is 12.0. The van der Waals surface area contributed by atoms with Crippen molar-refractivity contribution in [3.05, 3.63) is 0 Å². The standard InChI is InChI=1S/C10H18BrNO3S/c11-5-2-1-3-10(13)12-7-9-4-6-16(14,15)8-9/h9H,1-8H2,(H,12,13). The number of carbonyl (C=O) groups is 1. The summed E-state index contributed by atoms with van der Waals surface area (Å²) < 4.78 is 22.4. The molecule has 4 nitrogen and oxygen atoms in total. The van der Waals surface area contributed by atoms with Crippen LogP contribution in [0.5, 0.6) is 0 Å². The van der Waals surface area contributed by atoms with Crippen LogP contribution in [-0.2, 0) is 14.6 Å². The molecule has 1 atom stereocenters. The highest BCUT2D eigenvalue weighted by atomic mass is 79.9. The van der Waals surface area contributed by atoms with Crippen LogP contribution in [-0.4, -0.2) is 37.7 Å². The Morgan fingerprint density at radius 2 is 2.12 bits per heavy atom. The average Bonchev–Trinajstić information content (AvgIpc) is 2.56. The second-order valence-electron chi connectivity index (χ2n) is 4.22. The number of hydrogen-bond donors (Lipinski definition) is 1. The lowest BCUT2D eigenvalue weighted by Crippen LogP contribution is -2.29. The second kappa shape index (κ2) is 6.59. The van der Waals surface area contributed by atoms with Gasteiger partial charge in [0.25, 0.3) is 0 Å². The molecule has 0 aromatic heterocycles. The van der Waals surface area contributed by atoms with Gasteiger partial charge in [-0.3, -0.25) is 4.79 Å². The van der Waals surface area contributed by atoms with E-state index < -0.39 is 9.84 Å². The van der Waals surface area contributed by atoms with E-state index in [0.29, 0.717) is 19.4 Å². The predicted octanol–water partition coefficient (Wildman–Crippen LogP) is 1.10. The largest absolute Gasteiger partial charge is 0.356 e. The molecular formula is C10H18BrNO3S. The quantitative estimate of drug-likeness (QED) is 0.590. The fourth-order valence-corrected chi connectivity index (χ4v) is 4.02. The molecule has 0 aromatic carbocycles. The first-order valence-corrected chi connectivity index (χ1v) is 8.51. The zero-order valence-corrected chi connectivity index (χ0v) is 11.6. The van der Waals surface area contributed by atoms with Crippen LogP contribution in [0.15, 0.2) is 0 Å². The monoisotopic (exact) mass is 311 g/mol. The first kappa shape index (κ1) is 14.0. The lowest BCUT2D eigenvalue weighted by atomic mass is 10.1. The second-order valence-corrected chi connectivity index (χ2v) is 7.24. The Hall–Kier alpha value is -0.100. The molecule has 6 heteroatoms. The molecule has 1 saturated heterocycles. The molecule has 1 amide bonds. The predicted molar refractivity (Wildman–Crippen MR) is 67.4 cm³/mol. The van der Waals surface area contributed by atoms with E-state index in [-0.39, 0.29) is 23.3 Å². The van der Waals surface area contributed by atoms with Gasteiger partial charge in [-0.2, -0.15) is 0 Å². The van der Waals surface area contributed by atoms with Gasteiger partial charge in [0.2, 0.25) is 5.91 Å². The minimum Gasteiger partial charge on any atom is -0.356 e. The zero-order valence-electron chi connectivity index (χ0n) is 9.25. The molecule has 1 rings (SSSR count). The summed E-state index contributed by atoms with van der Waals surface area (Å²) in [5, 5.41) is 3.72. The third-order valence-electron chi connectivity index (χ3n) is 2.70. The van der Waals surface area contributed by atoms with E-state index >= 15 is 0 Å². The van der Waals surface area contributed by atoms with Crippen molar-refractivity contribution in [1.29, 1.82) is 0 Å². The number of sulfone groups is 1. The van der Waals surface area contributed by atoms with Crippen molar-refractivity contribution in [2.45, 2.75) is 25.7 Å². The summed E-state index contributed by atoms with van der Waals surface area (Å²) in [7, 11) is -2.82. The third kappa shape index (κ3) is 5.30. The maximum atomic E-state index is 11.4. The van der Waals surface area contributed by atoms with Crippen LogP contribution in [0.4, 0.5) is 0 Å². The molecule has 1 aliphatic rings. The molecule has 1 N–H and O–H groups in total. The molecule has 0 aromatic rings. The van der Waals surface area contributed by atoms with Crippen LogP contribution >= 0.6 is 15.9 Å². The van der Waals surface area contributed by atoms with E-state index in [2.05, 4.69) is 21.2 Å². The smallest absolute Gasteiger partial charge is 0.220 e. The van der Waals surface area contributed by atoms with E-state index in [1.54, 1.807) is 0 Å². The number of amides is 1. The summed E-state index contributed by atoms with van der Waals surface area (Å²) in [4.78, 5) is 11.4. The summed E-state index contributed by atoms with van der Waals surface area (Å²) in [5.74, 6) is 0.654. The van der Waals surface area contributed by atoms with Crippen LogP contribution in [0.2, 0.25) is 0 Å². The van der Waals surface area contributed by atoms with Crippen LogP contribution in [0.25, 0.3) is 0 Å². The Bertz CT molecular complexity index is 329. The Morgan fingerprint density at radius 1 is 1.38 bits per heavy atom. The first-order valence-electron chi connectivity index (χ1n) is 5.56. The van der Waals surface area contributed by atoms with Crippen molar-refractivity contribution in [3.8, 4) is 0 Å². The molecule has 0 saturated carbocycles. The SMILES string of the molecule is O=C(CCCCBr)NCC1CCS(=O)(=O)C1. The van der Waals surface area contributed by atoms with Gasteiger partial charge in [0.15, 0.2) is 9.84 Å². The lowest BCUT2D eigenvalue weighted by molar-refractivity contribution is -0.121. The molecule has 1 heterocycles. The molecular weight excluding hydrogens is 294 g/mol. The number of hydrogen-bond acceptors (Lipinski definition) is 3. The van der Waals surface area contributed by atoms with E-state index in [1.807, 2.05) is 0 Å². The summed E-state index contributed by atoms with van der Waals surface area (Å²) in [6.07, 6.45) is 3.08. The molecule has 1 aliphatic heterocycles. The Kier molecular flexibility index (Phi) is 5.75. The van der Waals surface area contributed by atoms with Gasteiger partial charge in [-0.1, -0.05) is 15.9 Å². The number of halogens is 1. The Labute approximate surface area is 105 Å². The van der Waals surface area contributed by atoms with Crippen molar-refractivity contribution < 1.29 is 13.2 Å². The van der Waals surface area contributed by atoms with Crippen molar-refractivity contribution in [1.82, 2.24) is 5.32 Å². The van der Waals surface area contributed by atoms with Gasteiger partial charge < -0.3 is 5.32 Å². The highest BCUT2D eigenvalue weighted by molar-refractivity contribution is 9.09. The molecule has 1 fully saturated rings. The maximum Gasteiger partial charge on any atom is 0.220 e. The average molecular weight is 312 g/mol. The lowest BCUT2D eigenvalue weighted by Gasteiger charge is -2.09. The number of nitrogens with one attached hydrogen (secondary N) is 1. The van der Waals surface area contributed by atoms with Crippen LogP contribution in [0.1, 0.15) is 25.7 Å². The normalized spacial score (nSPS) is 23.2. The van der Waals surface area contributed by atoms with Gasteiger partial charge in [0.1, 0.15) is 0 Å². The van der Waals surface area contributed by atoms with Crippen molar-refractivity contribution in [3.63, 3.8) is 0 Å². The molecule has 0 radical (unpaired) electrons. The highest BCUT2D eigenvalue weighted by Gasteiger charge is 2.27. The molecule has 0 bridgehead atoms. The third-order valence-corrected chi connectivity index (χ3v) is 5.10. The minimum absolute atomic E-state index is 0.0326. The summed E-state index contributed by atoms with van der Waals surface area (Å²) in [6, 6.07) is 0. The van der Waals surface area contributed by atoms with Crippen LogP contribution in [0.3, 0.4) is 0 Å². The van der Waals surface area contributed by atoms with E-state index in [9.17, 15) is 13.2 Å². The molecule has 0 spiro atoms. The Morgan fingerprint density at radius 3 is 2.69 bits per heavy atom. The van der Waals surface area contributed by atoms with Crippen LogP contribution < -0.4 is 5.32 Å².